The second-order valence-electron chi connectivity index (χ2n) is 3.33. The van der Waals surface area contributed by atoms with Gasteiger partial charge in [-0.3, -0.25) is 9.38 Å². The number of nitrogens with zero attached hydrogens (tertiary/aromatic N) is 5. The van der Waals surface area contributed by atoms with Crippen LogP contribution in [0, 0.1) is 0 Å². The normalized spacial score (nSPS) is 10.9. The molecule has 0 saturated heterocycles. The molecule has 0 radical (unpaired) electrons. The lowest BCUT2D eigenvalue weighted by molar-refractivity contribution is 1.10. The van der Waals surface area contributed by atoms with Crippen LogP contribution in [0.4, 0.5) is 0 Å². The molecule has 0 aromatic carbocycles. The third kappa shape index (κ3) is 1.79. The molecule has 0 aliphatic carbocycles. The predicted molar refractivity (Wildman–Crippen MR) is 66.7 cm³/mol. The SMILES string of the molecule is Clc1nccn2c(-c3cncc(Br)c3)nnc12. The van der Waals surface area contributed by atoms with Gasteiger partial charge in [0.2, 0.25) is 0 Å². The first-order valence-corrected chi connectivity index (χ1v) is 5.89. The summed E-state index contributed by atoms with van der Waals surface area (Å²) in [6.45, 7) is 0. The Kier molecular flexibility index (Phi) is 2.53. The van der Waals surface area contributed by atoms with E-state index in [0.717, 1.165) is 10.0 Å². The van der Waals surface area contributed by atoms with E-state index >= 15 is 0 Å². The van der Waals surface area contributed by atoms with Crippen LogP contribution in [0.2, 0.25) is 5.15 Å². The number of aromatic nitrogens is 5. The van der Waals surface area contributed by atoms with Crippen molar-refractivity contribution < 1.29 is 0 Å². The lowest BCUT2D eigenvalue weighted by atomic mass is 10.3. The lowest BCUT2D eigenvalue weighted by Crippen LogP contribution is -1.91. The topological polar surface area (TPSA) is 56.0 Å². The Balaban J connectivity index is 2.28. The Hall–Kier alpha value is -1.53. The number of rotatable bonds is 1. The van der Waals surface area contributed by atoms with Gasteiger partial charge in [-0.1, -0.05) is 11.6 Å². The van der Waals surface area contributed by atoms with E-state index in [2.05, 4.69) is 36.1 Å². The van der Waals surface area contributed by atoms with Crippen molar-refractivity contribution >= 4 is 33.2 Å². The van der Waals surface area contributed by atoms with E-state index in [0.29, 0.717) is 16.6 Å². The van der Waals surface area contributed by atoms with Crippen molar-refractivity contribution in [2.45, 2.75) is 0 Å². The van der Waals surface area contributed by atoms with E-state index < -0.39 is 0 Å². The summed E-state index contributed by atoms with van der Waals surface area (Å²) in [7, 11) is 0. The van der Waals surface area contributed by atoms with Crippen molar-refractivity contribution in [2.24, 2.45) is 0 Å². The average molecular weight is 311 g/mol. The molecule has 0 spiro atoms. The van der Waals surface area contributed by atoms with Gasteiger partial charge in [-0.2, -0.15) is 0 Å². The molecule has 0 aliphatic heterocycles. The Labute approximate surface area is 110 Å². The van der Waals surface area contributed by atoms with E-state index in [1.54, 1.807) is 29.2 Å². The maximum atomic E-state index is 5.93. The summed E-state index contributed by atoms with van der Waals surface area (Å²) in [6.07, 6.45) is 6.79. The highest BCUT2D eigenvalue weighted by Gasteiger charge is 2.11. The van der Waals surface area contributed by atoms with Gasteiger partial charge in [0.15, 0.2) is 16.6 Å². The zero-order valence-electron chi connectivity index (χ0n) is 8.38. The summed E-state index contributed by atoms with van der Waals surface area (Å²) >= 11 is 9.30. The van der Waals surface area contributed by atoms with Crippen molar-refractivity contribution in [3.63, 3.8) is 0 Å². The fraction of sp³-hybridized carbons (Fsp3) is 0. The first-order chi connectivity index (χ1) is 8.25. The summed E-state index contributed by atoms with van der Waals surface area (Å²) < 4.78 is 2.66. The molecule has 84 valence electrons. The summed E-state index contributed by atoms with van der Waals surface area (Å²) in [6, 6.07) is 1.91. The van der Waals surface area contributed by atoms with E-state index in [-0.39, 0.29) is 0 Å². The van der Waals surface area contributed by atoms with Crippen LogP contribution in [0.25, 0.3) is 17.0 Å². The van der Waals surface area contributed by atoms with Crippen molar-refractivity contribution in [1.29, 1.82) is 0 Å². The molecule has 17 heavy (non-hydrogen) atoms. The fourth-order valence-corrected chi connectivity index (χ4v) is 2.08. The van der Waals surface area contributed by atoms with Gasteiger partial charge >= 0.3 is 0 Å². The maximum Gasteiger partial charge on any atom is 0.198 e. The Morgan fingerprint density at radius 1 is 1.24 bits per heavy atom. The maximum absolute atomic E-state index is 5.93. The van der Waals surface area contributed by atoms with Crippen LogP contribution in [-0.2, 0) is 0 Å². The molecule has 7 heteroatoms. The van der Waals surface area contributed by atoms with Gasteiger partial charge in [0.1, 0.15) is 0 Å². The molecular formula is C10H5BrClN5. The Morgan fingerprint density at radius 2 is 2.12 bits per heavy atom. The standard InChI is InChI=1S/C10H5BrClN5/c11-7-3-6(4-13-5-7)9-15-16-10-8(12)14-1-2-17(9)10/h1-5H. The Bertz CT molecular complexity index is 696. The van der Waals surface area contributed by atoms with Crippen LogP contribution in [0.1, 0.15) is 0 Å². The molecular weight excluding hydrogens is 306 g/mol. The van der Waals surface area contributed by atoms with Crippen molar-refractivity contribution in [1.82, 2.24) is 24.6 Å². The van der Waals surface area contributed by atoms with Gasteiger partial charge < -0.3 is 0 Å². The minimum atomic E-state index is 0.328. The number of fused-ring (bicyclic) bond motifs is 1. The third-order valence-corrected chi connectivity index (χ3v) is 2.95. The van der Waals surface area contributed by atoms with Crippen LogP contribution in [0.5, 0.6) is 0 Å². The number of hydrogen-bond acceptors (Lipinski definition) is 4. The summed E-state index contributed by atoms with van der Waals surface area (Å²) in [4.78, 5) is 8.04. The zero-order chi connectivity index (χ0) is 11.8. The summed E-state index contributed by atoms with van der Waals surface area (Å²) in [5, 5.41) is 8.42. The molecule has 0 unspecified atom stereocenters. The molecule has 0 bridgehead atoms. The highest BCUT2D eigenvalue weighted by molar-refractivity contribution is 9.10. The van der Waals surface area contributed by atoms with Crippen LogP contribution < -0.4 is 0 Å². The van der Waals surface area contributed by atoms with Crippen molar-refractivity contribution in [3.8, 4) is 11.4 Å². The zero-order valence-corrected chi connectivity index (χ0v) is 10.7. The van der Waals surface area contributed by atoms with Crippen LogP contribution in [-0.4, -0.2) is 24.6 Å². The second kappa shape index (κ2) is 4.05. The first kappa shape index (κ1) is 10.6. The van der Waals surface area contributed by atoms with E-state index in [1.165, 1.54) is 0 Å². The fourth-order valence-electron chi connectivity index (χ4n) is 1.53. The molecule has 0 atom stereocenters. The molecule has 3 heterocycles. The minimum absolute atomic E-state index is 0.328. The molecule has 3 aromatic rings. The lowest BCUT2D eigenvalue weighted by Gasteiger charge is -1.99. The minimum Gasteiger partial charge on any atom is -0.278 e. The largest absolute Gasteiger partial charge is 0.278 e. The molecule has 0 N–H and O–H groups in total. The second-order valence-corrected chi connectivity index (χ2v) is 4.60. The molecule has 3 aromatic heterocycles. The molecule has 0 fully saturated rings. The predicted octanol–water partition coefficient (Wildman–Crippen LogP) is 2.60. The highest BCUT2D eigenvalue weighted by atomic mass is 79.9. The highest BCUT2D eigenvalue weighted by Crippen LogP contribution is 2.22. The van der Waals surface area contributed by atoms with Crippen LogP contribution in [0.15, 0.2) is 35.3 Å². The third-order valence-electron chi connectivity index (χ3n) is 2.25. The molecule has 0 aliphatic rings. The van der Waals surface area contributed by atoms with Crippen LogP contribution in [0.3, 0.4) is 0 Å². The van der Waals surface area contributed by atoms with Crippen LogP contribution >= 0.6 is 27.5 Å². The molecule has 3 rings (SSSR count). The Morgan fingerprint density at radius 3 is 2.94 bits per heavy atom. The van der Waals surface area contributed by atoms with Gasteiger partial charge in [0, 0.05) is 34.8 Å². The number of hydrogen-bond donors (Lipinski definition) is 0. The smallest absolute Gasteiger partial charge is 0.198 e. The van der Waals surface area contributed by atoms with E-state index in [1.807, 2.05) is 6.07 Å². The average Bonchev–Trinajstić information content (AvgIpc) is 2.74. The summed E-state index contributed by atoms with van der Waals surface area (Å²) in [5.74, 6) is 0.679. The van der Waals surface area contributed by atoms with Gasteiger partial charge in [-0.15, -0.1) is 10.2 Å². The van der Waals surface area contributed by atoms with Gasteiger partial charge in [0.25, 0.3) is 0 Å². The van der Waals surface area contributed by atoms with Crippen molar-refractivity contribution in [2.75, 3.05) is 0 Å². The van der Waals surface area contributed by atoms with Gasteiger partial charge in [-0.25, -0.2) is 4.98 Å². The number of halogens is 2. The molecule has 0 amide bonds. The molecule has 5 nitrogen and oxygen atoms in total. The van der Waals surface area contributed by atoms with E-state index in [9.17, 15) is 0 Å². The summed E-state index contributed by atoms with van der Waals surface area (Å²) in [5.41, 5.74) is 1.39. The van der Waals surface area contributed by atoms with E-state index in [4.69, 9.17) is 11.6 Å². The number of pyridine rings is 1. The first-order valence-electron chi connectivity index (χ1n) is 4.72. The molecule has 0 saturated carbocycles. The van der Waals surface area contributed by atoms with Gasteiger partial charge in [-0.05, 0) is 22.0 Å². The van der Waals surface area contributed by atoms with Gasteiger partial charge in [0.05, 0.1) is 0 Å². The van der Waals surface area contributed by atoms with Crippen molar-refractivity contribution in [3.05, 3.63) is 40.5 Å². The monoisotopic (exact) mass is 309 g/mol. The quantitative estimate of drug-likeness (QED) is 0.693.